The minimum atomic E-state index is 0.0298. The van der Waals surface area contributed by atoms with Gasteiger partial charge in [-0.15, -0.1) is 0 Å². The number of piperidine rings is 3. The molecule has 3 unspecified atom stereocenters. The van der Waals surface area contributed by atoms with E-state index in [1.54, 1.807) is 0 Å². The maximum absolute atomic E-state index is 12.0. The van der Waals surface area contributed by atoms with E-state index in [1.807, 2.05) is 13.8 Å². The number of rotatable bonds is 2. The van der Waals surface area contributed by atoms with Gasteiger partial charge in [0.2, 0.25) is 0 Å². The van der Waals surface area contributed by atoms with Crippen molar-refractivity contribution >= 4 is 5.97 Å². The van der Waals surface area contributed by atoms with E-state index < -0.39 is 0 Å². The summed E-state index contributed by atoms with van der Waals surface area (Å²) >= 11 is 0. The Morgan fingerprint density at radius 2 is 1.94 bits per heavy atom. The molecule has 1 aliphatic carbocycles. The van der Waals surface area contributed by atoms with E-state index >= 15 is 0 Å². The number of nitrogens with zero attached hydrogens (tertiary/aromatic N) is 1. The minimum absolute atomic E-state index is 0.0298. The molecule has 0 radical (unpaired) electrons. The molecule has 0 aromatic carbocycles. The predicted molar refractivity (Wildman–Crippen MR) is 65.5 cm³/mol. The number of carbonyl (C=O) groups excluding carboxylic acids is 1. The van der Waals surface area contributed by atoms with Gasteiger partial charge in [0.05, 0.1) is 12.0 Å². The van der Waals surface area contributed by atoms with Crippen molar-refractivity contribution in [1.29, 1.82) is 0 Å². The molecule has 1 saturated carbocycles. The molecular weight excluding hydrogens is 214 g/mol. The molecule has 3 heteroatoms. The van der Waals surface area contributed by atoms with Crippen LogP contribution in [0.5, 0.6) is 0 Å². The number of carbonyl (C=O) groups is 1. The lowest BCUT2D eigenvalue weighted by molar-refractivity contribution is -0.152. The van der Waals surface area contributed by atoms with Gasteiger partial charge in [-0.25, -0.2) is 0 Å². The van der Waals surface area contributed by atoms with Crippen LogP contribution in [-0.2, 0) is 9.53 Å². The second-order valence-electron chi connectivity index (χ2n) is 6.26. The first-order chi connectivity index (χ1) is 8.15. The van der Waals surface area contributed by atoms with E-state index in [-0.39, 0.29) is 18.0 Å². The zero-order valence-corrected chi connectivity index (χ0v) is 10.9. The first-order valence-corrected chi connectivity index (χ1v) is 7.09. The number of ether oxygens (including phenoxy) is 1. The second kappa shape index (κ2) is 4.27. The third-order valence-electron chi connectivity index (χ3n) is 4.91. The average molecular weight is 237 g/mol. The Labute approximate surface area is 104 Å². The van der Waals surface area contributed by atoms with Crippen LogP contribution < -0.4 is 0 Å². The molecule has 17 heavy (non-hydrogen) atoms. The fraction of sp³-hybridized carbons (Fsp3) is 0.929. The van der Waals surface area contributed by atoms with Crippen LogP contribution in [0.4, 0.5) is 0 Å². The first-order valence-electron chi connectivity index (χ1n) is 7.09. The smallest absolute Gasteiger partial charge is 0.309 e. The van der Waals surface area contributed by atoms with Crippen LogP contribution >= 0.6 is 0 Å². The van der Waals surface area contributed by atoms with E-state index in [0.717, 1.165) is 24.7 Å². The molecule has 0 amide bonds. The van der Waals surface area contributed by atoms with Crippen molar-refractivity contribution in [1.82, 2.24) is 4.90 Å². The highest BCUT2D eigenvalue weighted by Crippen LogP contribution is 2.48. The second-order valence-corrected chi connectivity index (χ2v) is 6.26. The van der Waals surface area contributed by atoms with Crippen molar-refractivity contribution in [2.45, 2.75) is 51.7 Å². The number of fused-ring (bicyclic) bond motifs is 2. The molecule has 96 valence electrons. The van der Waals surface area contributed by atoms with Gasteiger partial charge in [-0.3, -0.25) is 4.79 Å². The standard InChI is InChI=1S/C14H23NO2/c1-9(2)17-14(16)11-7-12-10-3-5-15(6-4-10)13(12)8-11/h9-13H,3-8H2,1-2H3. The summed E-state index contributed by atoms with van der Waals surface area (Å²) in [5, 5.41) is 0. The van der Waals surface area contributed by atoms with Gasteiger partial charge in [-0.1, -0.05) is 0 Å². The van der Waals surface area contributed by atoms with E-state index in [2.05, 4.69) is 4.90 Å². The minimum Gasteiger partial charge on any atom is -0.463 e. The molecule has 2 bridgehead atoms. The fourth-order valence-electron chi connectivity index (χ4n) is 4.17. The van der Waals surface area contributed by atoms with Gasteiger partial charge >= 0.3 is 5.97 Å². The van der Waals surface area contributed by atoms with Crippen molar-refractivity contribution in [3.05, 3.63) is 0 Å². The molecule has 3 atom stereocenters. The van der Waals surface area contributed by atoms with Crippen LogP contribution in [0.1, 0.15) is 39.5 Å². The van der Waals surface area contributed by atoms with Crippen LogP contribution in [0, 0.1) is 17.8 Å². The van der Waals surface area contributed by atoms with Gasteiger partial charge in [0.1, 0.15) is 0 Å². The lowest BCUT2D eigenvalue weighted by atomic mass is 9.75. The van der Waals surface area contributed by atoms with E-state index in [4.69, 9.17) is 4.74 Å². The van der Waals surface area contributed by atoms with E-state index in [9.17, 15) is 4.79 Å². The Hall–Kier alpha value is -0.570. The molecule has 0 aromatic rings. The third-order valence-corrected chi connectivity index (χ3v) is 4.91. The molecule has 3 saturated heterocycles. The summed E-state index contributed by atoms with van der Waals surface area (Å²) < 4.78 is 5.37. The summed E-state index contributed by atoms with van der Waals surface area (Å²) in [6, 6.07) is 0.687. The molecule has 4 fully saturated rings. The average Bonchev–Trinajstić information content (AvgIpc) is 2.76. The summed E-state index contributed by atoms with van der Waals surface area (Å²) in [4.78, 5) is 14.6. The molecule has 0 spiro atoms. The van der Waals surface area contributed by atoms with Gasteiger partial charge < -0.3 is 9.64 Å². The van der Waals surface area contributed by atoms with Crippen molar-refractivity contribution in [2.24, 2.45) is 17.8 Å². The highest BCUT2D eigenvalue weighted by Gasteiger charge is 2.49. The summed E-state index contributed by atoms with van der Waals surface area (Å²) in [5.74, 6) is 1.90. The van der Waals surface area contributed by atoms with Crippen molar-refractivity contribution < 1.29 is 9.53 Å². The third kappa shape index (κ3) is 1.99. The predicted octanol–water partition coefficient (Wildman–Crippen LogP) is 2.06. The number of esters is 1. The number of hydrogen-bond acceptors (Lipinski definition) is 3. The van der Waals surface area contributed by atoms with Crippen LogP contribution in [0.3, 0.4) is 0 Å². The zero-order chi connectivity index (χ0) is 12.0. The first kappa shape index (κ1) is 11.5. The fourth-order valence-corrected chi connectivity index (χ4v) is 4.17. The quantitative estimate of drug-likeness (QED) is 0.688. The summed E-state index contributed by atoms with van der Waals surface area (Å²) in [5.41, 5.74) is 0. The normalized spacial score (nSPS) is 43.8. The molecule has 3 heterocycles. The van der Waals surface area contributed by atoms with Gasteiger partial charge in [0.25, 0.3) is 0 Å². The molecule has 0 aromatic heterocycles. The lowest BCUT2D eigenvalue weighted by Crippen LogP contribution is -2.52. The Morgan fingerprint density at radius 1 is 1.24 bits per heavy atom. The largest absolute Gasteiger partial charge is 0.463 e. The Bertz CT molecular complexity index is 287. The van der Waals surface area contributed by atoms with Gasteiger partial charge in [0, 0.05) is 6.04 Å². The Morgan fingerprint density at radius 3 is 2.53 bits per heavy atom. The zero-order valence-electron chi connectivity index (χ0n) is 10.9. The van der Waals surface area contributed by atoms with Crippen LogP contribution in [-0.4, -0.2) is 36.1 Å². The Balaban J connectivity index is 1.66. The lowest BCUT2D eigenvalue weighted by Gasteiger charge is -2.48. The van der Waals surface area contributed by atoms with Crippen LogP contribution in [0.2, 0.25) is 0 Å². The Kier molecular flexibility index (Phi) is 2.89. The van der Waals surface area contributed by atoms with Crippen molar-refractivity contribution in [3.8, 4) is 0 Å². The van der Waals surface area contributed by atoms with Crippen molar-refractivity contribution in [2.75, 3.05) is 13.1 Å². The molecule has 4 aliphatic rings. The van der Waals surface area contributed by atoms with Gasteiger partial charge in [-0.2, -0.15) is 0 Å². The van der Waals surface area contributed by atoms with Gasteiger partial charge in [-0.05, 0) is 64.5 Å². The van der Waals surface area contributed by atoms with E-state index in [1.165, 1.54) is 25.9 Å². The molecular formula is C14H23NO2. The van der Waals surface area contributed by atoms with Crippen molar-refractivity contribution in [3.63, 3.8) is 0 Å². The molecule has 3 nitrogen and oxygen atoms in total. The highest BCUT2D eigenvalue weighted by atomic mass is 16.5. The molecule has 3 aliphatic heterocycles. The maximum atomic E-state index is 12.0. The molecule has 4 rings (SSSR count). The van der Waals surface area contributed by atoms with Crippen LogP contribution in [0.25, 0.3) is 0 Å². The van der Waals surface area contributed by atoms with E-state index in [0.29, 0.717) is 6.04 Å². The maximum Gasteiger partial charge on any atom is 0.309 e. The highest BCUT2D eigenvalue weighted by molar-refractivity contribution is 5.73. The topological polar surface area (TPSA) is 29.5 Å². The summed E-state index contributed by atoms with van der Waals surface area (Å²) in [6.07, 6.45) is 4.87. The number of hydrogen-bond donors (Lipinski definition) is 0. The molecule has 0 N–H and O–H groups in total. The monoisotopic (exact) mass is 237 g/mol. The SMILES string of the molecule is CC(C)OC(=O)C1CC2C3CCN(CC3)C2C1. The summed E-state index contributed by atoms with van der Waals surface area (Å²) in [6.45, 7) is 6.40. The van der Waals surface area contributed by atoms with Crippen LogP contribution in [0.15, 0.2) is 0 Å². The van der Waals surface area contributed by atoms with Gasteiger partial charge in [0.15, 0.2) is 0 Å². The summed E-state index contributed by atoms with van der Waals surface area (Å²) in [7, 11) is 0.